The summed E-state index contributed by atoms with van der Waals surface area (Å²) in [5.41, 5.74) is 1.29. The number of nitrogens with one attached hydrogen (secondary N) is 1. The van der Waals surface area contributed by atoms with Crippen LogP contribution in [0.25, 0.3) is 0 Å². The number of rotatable bonds is 8. The third-order valence-electron chi connectivity index (χ3n) is 4.53. The van der Waals surface area contributed by atoms with Crippen LogP contribution in [-0.4, -0.2) is 33.9 Å². The van der Waals surface area contributed by atoms with E-state index in [0.29, 0.717) is 6.42 Å². The van der Waals surface area contributed by atoms with E-state index in [2.05, 4.69) is 4.72 Å². The van der Waals surface area contributed by atoms with Gasteiger partial charge < -0.3 is 4.74 Å². The Kier molecular flexibility index (Phi) is 6.11. The summed E-state index contributed by atoms with van der Waals surface area (Å²) in [4.78, 5) is 25.1. The van der Waals surface area contributed by atoms with Gasteiger partial charge >= 0.3 is 0 Å². The fraction of sp³-hybridized carbons (Fsp3) is 0.300. The highest BCUT2D eigenvalue weighted by Crippen LogP contribution is 2.34. The summed E-state index contributed by atoms with van der Waals surface area (Å²) < 4.78 is 33.0. The fourth-order valence-electron chi connectivity index (χ4n) is 3.08. The van der Waals surface area contributed by atoms with E-state index in [4.69, 9.17) is 4.74 Å². The molecule has 0 bridgehead atoms. The second-order valence-electron chi connectivity index (χ2n) is 6.44. The van der Waals surface area contributed by atoms with E-state index in [1.165, 1.54) is 25.3 Å². The average Bonchev–Trinajstić information content (AvgIpc) is 3.03. The van der Waals surface area contributed by atoms with Gasteiger partial charge in [-0.1, -0.05) is 30.3 Å². The molecule has 2 aromatic rings. The smallest absolute Gasteiger partial charge is 0.240 e. The van der Waals surface area contributed by atoms with Gasteiger partial charge in [0.05, 0.1) is 17.7 Å². The monoisotopic (exact) mass is 402 g/mol. The van der Waals surface area contributed by atoms with Gasteiger partial charge in [-0.25, -0.2) is 18.0 Å². The Balaban J connectivity index is 1.73. The molecule has 0 radical (unpaired) electrons. The molecule has 1 aliphatic heterocycles. The number of carbonyl (C=O) groups excluding carboxylic acids is 2. The first-order valence-corrected chi connectivity index (χ1v) is 10.5. The molecule has 0 aromatic heterocycles. The molecule has 0 spiro atoms. The van der Waals surface area contributed by atoms with Gasteiger partial charge in [0.1, 0.15) is 5.75 Å². The predicted molar refractivity (Wildman–Crippen MR) is 105 cm³/mol. The molecule has 148 valence electrons. The summed E-state index contributed by atoms with van der Waals surface area (Å²) >= 11 is 0. The standard InChI is InChI=1S/C20H22N2O5S/c1-27-18-10-9-16(14-17(18)22-19(23)11-12-20(22)24)28(25,26)21-13-5-8-15-6-3-2-4-7-15/h2-4,6-7,9-10,14,21H,5,8,11-13H2,1H3. The highest BCUT2D eigenvalue weighted by molar-refractivity contribution is 7.89. The number of aryl methyl sites for hydroxylation is 1. The zero-order valence-corrected chi connectivity index (χ0v) is 16.4. The third kappa shape index (κ3) is 4.40. The second kappa shape index (κ2) is 8.53. The number of anilines is 1. The predicted octanol–water partition coefficient (Wildman–Crippen LogP) is 2.26. The van der Waals surface area contributed by atoms with E-state index in [1.807, 2.05) is 30.3 Å². The molecule has 1 fully saturated rings. The Labute approximate surface area is 164 Å². The first-order valence-electron chi connectivity index (χ1n) is 9.00. The van der Waals surface area contributed by atoms with Crippen LogP contribution < -0.4 is 14.4 Å². The third-order valence-corrected chi connectivity index (χ3v) is 5.99. The number of hydrogen-bond donors (Lipinski definition) is 1. The molecule has 0 atom stereocenters. The lowest BCUT2D eigenvalue weighted by molar-refractivity contribution is -0.121. The largest absolute Gasteiger partial charge is 0.495 e. The minimum atomic E-state index is -3.78. The van der Waals surface area contributed by atoms with Gasteiger partial charge in [-0.2, -0.15) is 0 Å². The molecule has 2 aromatic carbocycles. The van der Waals surface area contributed by atoms with Crippen molar-refractivity contribution >= 4 is 27.5 Å². The topological polar surface area (TPSA) is 92.8 Å². The van der Waals surface area contributed by atoms with E-state index in [1.54, 1.807) is 0 Å². The Hall–Kier alpha value is -2.71. The van der Waals surface area contributed by atoms with Crippen LogP contribution in [0.1, 0.15) is 24.8 Å². The second-order valence-corrected chi connectivity index (χ2v) is 8.21. The van der Waals surface area contributed by atoms with Crippen molar-refractivity contribution in [1.29, 1.82) is 0 Å². The number of ether oxygens (including phenoxy) is 1. The lowest BCUT2D eigenvalue weighted by Crippen LogP contribution is -2.30. The van der Waals surface area contributed by atoms with E-state index < -0.39 is 10.0 Å². The molecule has 7 nitrogen and oxygen atoms in total. The van der Waals surface area contributed by atoms with Crippen LogP contribution in [0.4, 0.5) is 5.69 Å². The van der Waals surface area contributed by atoms with Gasteiger partial charge in [0, 0.05) is 19.4 Å². The van der Waals surface area contributed by atoms with E-state index in [-0.39, 0.29) is 47.5 Å². The molecule has 1 aliphatic rings. The maximum atomic E-state index is 12.6. The molecule has 1 N–H and O–H groups in total. The number of methoxy groups -OCH3 is 1. The molecule has 8 heteroatoms. The van der Waals surface area contributed by atoms with Gasteiger partial charge in [0.15, 0.2) is 0 Å². The van der Waals surface area contributed by atoms with Crippen molar-refractivity contribution in [3.63, 3.8) is 0 Å². The zero-order valence-electron chi connectivity index (χ0n) is 15.6. The number of sulfonamides is 1. The van der Waals surface area contributed by atoms with Gasteiger partial charge in [-0.3, -0.25) is 9.59 Å². The van der Waals surface area contributed by atoms with Crippen molar-refractivity contribution in [2.75, 3.05) is 18.6 Å². The van der Waals surface area contributed by atoms with Crippen molar-refractivity contribution < 1.29 is 22.7 Å². The van der Waals surface area contributed by atoms with Crippen LogP contribution in [0.2, 0.25) is 0 Å². The van der Waals surface area contributed by atoms with Gasteiger partial charge in [-0.05, 0) is 36.6 Å². The Morgan fingerprint density at radius 2 is 1.71 bits per heavy atom. The molecule has 0 unspecified atom stereocenters. The molecular formula is C20H22N2O5S. The normalized spacial score (nSPS) is 14.5. The van der Waals surface area contributed by atoms with E-state index in [0.717, 1.165) is 16.9 Å². The average molecular weight is 402 g/mol. The summed E-state index contributed by atoms with van der Waals surface area (Å²) in [6.07, 6.45) is 1.62. The van der Waals surface area contributed by atoms with Gasteiger partial charge in [-0.15, -0.1) is 0 Å². The van der Waals surface area contributed by atoms with E-state index >= 15 is 0 Å². The summed E-state index contributed by atoms with van der Waals surface area (Å²) in [6, 6.07) is 14.0. The van der Waals surface area contributed by atoms with Crippen molar-refractivity contribution in [3.8, 4) is 5.75 Å². The summed E-state index contributed by atoms with van der Waals surface area (Å²) in [7, 11) is -2.38. The lowest BCUT2D eigenvalue weighted by Gasteiger charge is -2.18. The molecular weight excluding hydrogens is 380 g/mol. The van der Waals surface area contributed by atoms with Crippen molar-refractivity contribution in [2.45, 2.75) is 30.6 Å². The van der Waals surface area contributed by atoms with Crippen molar-refractivity contribution in [3.05, 3.63) is 54.1 Å². The number of hydrogen-bond acceptors (Lipinski definition) is 5. The number of carbonyl (C=O) groups is 2. The summed E-state index contributed by atoms with van der Waals surface area (Å²) in [5, 5.41) is 0. The number of imide groups is 1. The van der Waals surface area contributed by atoms with Crippen molar-refractivity contribution in [2.24, 2.45) is 0 Å². The lowest BCUT2D eigenvalue weighted by atomic mass is 10.1. The maximum Gasteiger partial charge on any atom is 0.240 e. The van der Waals surface area contributed by atoms with E-state index in [9.17, 15) is 18.0 Å². The highest BCUT2D eigenvalue weighted by atomic mass is 32.2. The molecule has 2 amide bonds. The molecule has 1 saturated heterocycles. The number of nitrogens with zero attached hydrogens (tertiary/aromatic N) is 1. The van der Waals surface area contributed by atoms with Crippen LogP contribution in [0.3, 0.4) is 0 Å². The van der Waals surface area contributed by atoms with Crippen LogP contribution in [-0.2, 0) is 26.0 Å². The highest BCUT2D eigenvalue weighted by Gasteiger charge is 2.33. The van der Waals surface area contributed by atoms with Crippen LogP contribution in [0, 0.1) is 0 Å². The quantitative estimate of drug-likeness (QED) is 0.540. The molecule has 3 rings (SSSR count). The first-order chi connectivity index (χ1) is 13.4. The zero-order chi connectivity index (χ0) is 20.1. The van der Waals surface area contributed by atoms with Crippen LogP contribution in [0.15, 0.2) is 53.4 Å². The van der Waals surface area contributed by atoms with Crippen LogP contribution in [0.5, 0.6) is 5.75 Å². The summed E-state index contributed by atoms with van der Waals surface area (Å²) in [6.45, 7) is 0.278. The maximum absolute atomic E-state index is 12.6. The van der Waals surface area contributed by atoms with Gasteiger partial charge in [0.25, 0.3) is 0 Å². The molecule has 28 heavy (non-hydrogen) atoms. The fourth-order valence-corrected chi connectivity index (χ4v) is 4.18. The minimum absolute atomic E-state index is 0.0180. The molecule has 0 saturated carbocycles. The number of amides is 2. The van der Waals surface area contributed by atoms with Crippen LogP contribution >= 0.6 is 0 Å². The number of benzene rings is 2. The Morgan fingerprint density at radius 1 is 1.04 bits per heavy atom. The van der Waals surface area contributed by atoms with Gasteiger partial charge in [0.2, 0.25) is 21.8 Å². The minimum Gasteiger partial charge on any atom is -0.495 e. The Morgan fingerprint density at radius 3 is 2.36 bits per heavy atom. The SMILES string of the molecule is COc1ccc(S(=O)(=O)NCCCc2ccccc2)cc1N1C(=O)CCC1=O. The van der Waals surface area contributed by atoms with Crippen molar-refractivity contribution in [1.82, 2.24) is 4.72 Å². The summed E-state index contributed by atoms with van der Waals surface area (Å²) in [5.74, 6) is -0.464. The molecule has 0 aliphatic carbocycles. The Bertz CT molecular complexity index is 957. The molecule has 1 heterocycles. The first kappa shape index (κ1) is 20.0.